The minimum atomic E-state index is 0.750. The van der Waals surface area contributed by atoms with Gasteiger partial charge in [0.1, 0.15) is 5.82 Å². The van der Waals surface area contributed by atoms with E-state index in [0.29, 0.717) is 0 Å². The van der Waals surface area contributed by atoms with Crippen molar-refractivity contribution in [2.75, 3.05) is 19.8 Å². The Bertz CT molecular complexity index is 444. The van der Waals surface area contributed by atoms with E-state index >= 15 is 0 Å². The molecule has 0 fully saturated rings. The fourth-order valence-electron chi connectivity index (χ4n) is 1.45. The summed E-state index contributed by atoms with van der Waals surface area (Å²) in [6.45, 7) is 0.814. The van der Waals surface area contributed by atoms with E-state index in [9.17, 15) is 0 Å². The summed E-state index contributed by atoms with van der Waals surface area (Å²) in [4.78, 5) is 9.75. The van der Waals surface area contributed by atoms with Gasteiger partial charge in [0.2, 0.25) is 0 Å². The zero-order valence-corrected chi connectivity index (χ0v) is 8.41. The molecule has 1 aromatic carbocycles. The maximum atomic E-state index is 5.67. The minimum Gasteiger partial charge on any atom is -0.399 e. The van der Waals surface area contributed by atoms with E-state index in [1.807, 2.05) is 32.3 Å². The van der Waals surface area contributed by atoms with E-state index in [2.05, 4.69) is 14.9 Å². The number of hydrogen-bond donors (Lipinski definition) is 2. The first-order chi connectivity index (χ1) is 6.65. The Labute approximate surface area is 82.7 Å². The molecule has 0 amide bonds. The lowest BCUT2D eigenvalue weighted by atomic mass is 10.3. The van der Waals surface area contributed by atoms with Crippen LogP contribution in [0, 0.1) is 0 Å². The number of aromatic amines is 1. The summed E-state index contributed by atoms with van der Waals surface area (Å²) in [6, 6.07) is 5.71. The molecule has 0 aliphatic heterocycles. The molecule has 0 radical (unpaired) electrons. The fourth-order valence-corrected chi connectivity index (χ4v) is 1.45. The Morgan fingerprint density at radius 1 is 1.43 bits per heavy atom. The Hall–Kier alpha value is -1.55. The number of H-pyrrole nitrogens is 1. The first-order valence-electron chi connectivity index (χ1n) is 4.54. The first kappa shape index (κ1) is 9.02. The van der Waals surface area contributed by atoms with Gasteiger partial charge < -0.3 is 15.6 Å². The highest BCUT2D eigenvalue weighted by Crippen LogP contribution is 2.15. The highest BCUT2D eigenvalue weighted by atomic mass is 15.1. The monoisotopic (exact) mass is 190 g/mol. The van der Waals surface area contributed by atoms with Crippen LogP contribution in [0.1, 0.15) is 5.82 Å². The van der Waals surface area contributed by atoms with Gasteiger partial charge in [-0.3, -0.25) is 0 Å². The molecule has 2 rings (SSSR count). The first-order valence-corrected chi connectivity index (χ1v) is 4.54. The van der Waals surface area contributed by atoms with Crippen LogP contribution in [0.3, 0.4) is 0 Å². The van der Waals surface area contributed by atoms with Crippen LogP contribution >= 0.6 is 0 Å². The molecular formula is C10H14N4. The van der Waals surface area contributed by atoms with Crippen molar-refractivity contribution in [3.8, 4) is 0 Å². The van der Waals surface area contributed by atoms with Crippen molar-refractivity contribution >= 4 is 16.7 Å². The van der Waals surface area contributed by atoms with Gasteiger partial charge in [0.15, 0.2) is 0 Å². The molecule has 0 saturated heterocycles. The zero-order chi connectivity index (χ0) is 10.1. The second-order valence-electron chi connectivity index (χ2n) is 3.70. The fraction of sp³-hybridized carbons (Fsp3) is 0.300. The SMILES string of the molecule is CN(C)Cc1nc2cc(N)ccc2[nH]1. The van der Waals surface area contributed by atoms with Crippen molar-refractivity contribution < 1.29 is 0 Å². The number of nitrogens with two attached hydrogens (primary N) is 1. The summed E-state index contributed by atoms with van der Waals surface area (Å²) in [5, 5.41) is 0. The van der Waals surface area contributed by atoms with E-state index in [4.69, 9.17) is 5.73 Å². The number of hydrogen-bond acceptors (Lipinski definition) is 3. The van der Waals surface area contributed by atoms with Crippen molar-refractivity contribution in [3.63, 3.8) is 0 Å². The van der Waals surface area contributed by atoms with Gasteiger partial charge in [0.25, 0.3) is 0 Å². The number of nitrogens with one attached hydrogen (secondary N) is 1. The van der Waals surface area contributed by atoms with Crippen LogP contribution in [0.5, 0.6) is 0 Å². The van der Waals surface area contributed by atoms with Gasteiger partial charge in [0.05, 0.1) is 17.6 Å². The molecule has 0 bridgehead atoms. The lowest BCUT2D eigenvalue weighted by molar-refractivity contribution is 0.392. The van der Waals surface area contributed by atoms with Crippen LogP contribution in [0.25, 0.3) is 11.0 Å². The van der Waals surface area contributed by atoms with Crippen molar-refractivity contribution in [3.05, 3.63) is 24.0 Å². The number of nitrogen functional groups attached to an aromatic ring is 1. The lowest BCUT2D eigenvalue weighted by Crippen LogP contribution is -2.11. The van der Waals surface area contributed by atoms with Crippen LogP contribution in [-0.4, -0.2) is 29.0 Å². The molecule has 3 N–H and O–H groups in total. The van der Waals surface area contributed by atoms with Gasteiger partial charge >= 0.3 is 0 Å². The predicted molar refractivity (Wildman–Crippen MR) is 57.9 cm³/mol. The highest BCUT2D eigenvalue weighted by molar-refractivity contribution is 5.78. The van der Waals surface area contributed by atoms with Crippen molar-refractivity contribution in [2.45, 2.75) is 6.54 Å². The number of anilines is 1. The molecule has 0 unspecified atom stereocenters. The third-order valence-electron chi connectivity index (χ3n) is 2.02. The van der Waals surface area contributed by atoms with Gasteiger partial charge in [-0.2, -0.15) is 0 Å². The standard InChI is InChI=1S/C10H14N4/c1-14(2)6-10-12-8-4-3-7(11)5-9(8)13-10/h3-5H,6,11H2,1-2H3,(H,12,13). The van der Waals surface area contributed by atoms with Gasteiger partial charge in [-0.05, 0) is 32.3 Å². The van der Waals surface area contributed by atoms with Crippen molar-refractivity contribution in [1.82, 2.24) is 14.9 Å². The van der Waals surface area contributed by atoms with Crippen LogP contribution < -0.4 is 5.73 Å². The molecule has 0 spiro atoms. The second kappa shape index (κ2) is 3.31. The zero-order valence-electron chi connectivity index (χ0n) is 8.41. The number of aromatic nitrogens is 2. The van der Waals surface area contributed by atoms with E-state index in [-0.39, 0.29) is 0 Å². The molecular weight excluding hydrogens is 176 g/mol. The summed E-state index contributed by atoms with van der Waals surface area (Å²) < 4.78 is 0. The molecule has 14 heavy (non-hydrogen) atoms. The molecule has 4 heteroatoms. The molecule has 0 saturated carbocycles. The normalized spacial score (nSPS) is 11.4. The van der Waals surface area contributed by atoms with E-state index < -0.39 is 0 Å². The topological polar surface area (TPSA) is 57.9 Å². The van der Waals surface area contributed by atoms with Gasteiger partial charge in [-0.25, -0.2) is 4.98 Å². The van der Waals surface area contributed by atoms with Crippen LogP contribution in [0.15, 0.2) is 18.2 Å². The Kier molecular flexibility index (Phi) is 2.13. The highest BCUT2D eigenvalue weighted by Gasteiger charge is 2.03. The van der Waals surface area contributed by atoms with Crippen LogP contribution in [0.4, 0.5) is 5.69 Å². The second-order valence-corrected chi connectivity index (χ2v) is 3.70. The number of imidazole rings is 1. The average molecular weight is 190 g/mol. The molecule has 2 aromatic rings. The lowest BCUT2D eigenvalue weighted by Gasteiger charge is -2.04. The number of benzene rings is 1. The maximum absolute atomic E-state index is 5.67. The predicted octanol–water partition coefficient (Wildman–Crippen LogP) is 1.21. The summed E-state index contributed by atoms with van der Waals surface area (Å²) >= 11 is 0. The van der Waals surface area contributed by atoms with E-state index in [1.165, 1.54) is 0 Å². The van der Waals surface area contributed by atoms with E-state index in [0.717, 1.165) is 29.1 Å². The molecule has 0 atom stereocenters. The third kappa shape index (κ3) is 1.70. The number of rotatable bonds is 2. The van der Waals surface area contributed by atoms with Gasteiger partial charge in [-0.15, -0.1) is 0 Å². The smallest absolute Gasteiger partial charge is 0.121 e. The maximum Gasteiger partial charge on any atom is 0.121 e. The molecule has 0 aliphatic carbocycles. The summed E-state index contributed by atoms with van der Waals surface area (Å²) in [7, 11) is 4.03. The molecule has 74 valence electrons. The number of nitrogens with zero attached hydrogens (tertiary/aromatic N) is 2. The average Bonchev–Trinajstić information content (AvgIpc) is 2.44. The Morgan fingerprint density at radius 3 is 2.93 bits per heavy atom. The van der Waals surface area contributed by atoms with Gasteiger partial charge in [0, 0.05) is 5.69 Å². The van der Waals surface area contributed by atoms with Crippen molar-refractivity contribution in [2.24, 2.45) is 0 Å². The molecule has 4 nitrogen and oxygen atoms in total. The summed E-state index contributed by atoms with van der Waals surface area (Å²) in [6.07, 6.45) is 0. The van der Waals surface area contributed by atoms with E-state index in [1.54, 1.807) is 0 Å². The molecule has 1 heterocycles. The molecule has 0 aliphatic rings. The summed E-state index contributed by atoms with van der Waals surface area (Å²) in [5.41, 5.74) is 8.39. The quantitative estimate of drug-likeness (QED) is 0.700. The molecule has 1 aromatic heterocycles. The third-order valence-corrected chi connectivity index (χ3v) is 2.02. The van der Waals surface area contributed by atoms with Crippen LogP contribution in [0.2, 0.25) is 0 Å². The van der Waals surface area contributed by atoms with Crippen molar-refractivity contribution in [1.29, 1.82) is 0 Å². The Morgan fingerprint density at radius 2 is 2.21 bits per heavy atom. The largest absolute Gasteiger partial charge is 0.399 e. The van der Waals surface area contributed by atoms with Gasteiger partial charge in [-0.1, -0.05) is 0 Å². The number of fused-ring (bicyclic) bond motifs is 1. The summed E-state index contributed by atoms with van der Waals surface area (Å²) in [5.74, 6) is 0.968. The van der Waals surface area contributed by atoms with Crippen LogP contribution in [-0.2, 0) is 6.54 Å². The Balaban J connectivity index is 2.41. The minimum absolute atomic E-state index is 0.750.